The molecule has 0 bridgehead atoms. The Morgan fingerprint density at radius 1 is 1.20 bits per heavy atom. The van der Waals surface area contributed by atoms with Gasteiger partial charge in [-0.05, 0) is 38.0 Å². The Morgan fingerprint density at radius 3 is 2.45 bits per heavy atom. The summed E-state index contributed by atoms with van der Waals surface area (Å²) in [6.45, 7) is 9.80. The van der Waals surface area contributed by atoms with E-state index in [-0.39, 0.29) is 0 Å². The topological polar surface area (TPSA) is 49.8 Å². The maximum Gasteiger partial charge on any atom is 0.135 e. The Labute approximate surface area is 122 Å². The van der Waals surface area contributed by atoms with Gasteiger partial charge >= 0.3 is 0 Å². The summed E-state index contributed by atoms with van der Waals surface area (Å²) in [5.41, 5.74) is 1.21. The fourth-order valence-corrected chi connectivity index (χ4v) is 2.72. The SMILES string of the molecule is CCCNc1ncnc(NC(C)C2CCC2)c1C(C)C. The number of hydrogen-bond donors (Lipinski definition) is 2. The van der Waals surface area contributed by atoms with Crippen LogP contribution in [0.2, 0.25) is 0 Å². The van der Waals surface area contributed by atoms with Crippen molar-refractivity contribution in [2.45, 2.75) is 65.3 Å². The molecule has 1 aliphatic carbocycles. The highest BCUT2D eigenvalue weighted by atomic mass is 15.1. The van der Waals surface area contributed by atoms with E-state index in [1.807, 2.05) is 0 Å². The van der Waals surface area contributed by atoms with Crippen LogP contribution in [0.3, 0.4) is 0 Å². The molecule has 0 aromatic carbocycles. The standard InChI is InChI=1S/C16H28N4/c1-5-9-17-15-14(11(2)3)16(19-10-18-15)20-12(4)13-7-6-8-13/h10-13H,5-9H2,1-4H3,(H2,17,18,19,20). The Morgan fingerprint density at radius 2 is 1.90 bits per heavy atom. The molecular weight excluding hydrogens is 248 g/mol. The highest BCUT2D eigenvalue weighted by molar-refractivity contribution is 5.59. The van der Waals surface area contributed by atoms with Crippen molar-refractivity contribution >= 4 is 11.6 Å². The Kier molecular flexibility index (Phi) is 5.21. The van der Waals surface area contributed by atoms with Crippen LogP contribution in [-0.2, 0) is 0 Å². The van der Waals surface area contributed by atoms with E-state index in [0.29, 0.717) is 12.0 Å². The number of nitrogens with zero attached hydrogens (tertiary/aromatic N) is 2. The zero-order valence-electron chi connectivity index (χ0n) is 13.2. The zero-order valence-corrected chi connectivity index (χ0v) is 13.2. The Hall–Kier alpha value is -1.32. The summed E-state index contributed by atoms with van der Waals surface area (Å²) in [6, 6.07) is 0.496. The van der Waals surface area contributed by atoms with Crippen molar-refractivity contribution in [2.75, 3.05) is 17.2 Å². The molecule has 1 unspecified atom stereocenters. The second-order valence-corrected chi connectivity index (χ2v) is 6.19. The minimum atomic E-state index is 0.409. The molecule has 0 amide bonds. The van der Waals surface area contributed by atoms with E-state index in [4.69, 9.17) is 0 Å². The Bertz CT molecular complexity index is 426. The normalized spacial score (nSPS) is 16.9. The lowest BCUT2D eigenvalue weighted by atomic mass is 9.80. The van der Waals surface area contributed by atoms with Crippen LogP contribution in [0.15, 0.2) is 6.33 Å². The molecular formula is C16H28N4. The van der Waals surface area contributed by atoms with Crippen molar-refractivity contribution < 1.29 is 0 Å². The summed E-state index contributed by atoms with van der Waals surface area (Å²) in [5, 5.41) is 7.04. The van der Waals surface area contributed by atoms with Crippen LogP contribution >= 0.6 is 0 Å². The molecule has 20 heavy (non-hydrogen) atoms. The number of aromatic nitrogens is 2. The van der Waals surface area contributed by atoms with Crippen molar-refractivity contribution in [1.29, 1.82) is 0 Å². The first-order chi connectivity index (χ1) is 9.63. The molecule has 1 aromatic rings. The van der Waals surface area contributed by atoms with Crippen LogP contribution in [0.4, 0.5) is 11.6 Å². The van der Waals surface area contributed by atoms with E-state index >= 15 is 0 Å². The number of anilines is 2. The fourth-order valence-electron chi connectivity index (χ4n) is 2.72. The fraction of sp³-hybridized carbons (Fsp3) is 0.750. The van der Waals surface area contributed by atoms with E-state index in [1.54, 1.807) is 6.33 Å². The molecule has 4 heteroatoms. The lowest BCUT2D eigenvalue weighted by molar-refractivity contribution is 0.284. The van der Waals surface area contributed by atoms with Crippen LogP contribution in [-0.4, -0.2) is 22.6 Å². The van der Waals surface area contributed by atoms with Crippen LogP contribution in [0.25, 0.3) is 0 Å². The van der Waals surface area contributed by atoms with Gasteiger partial charge in [-0.1, -0.05) is 27.2 Å². The molecule has 112 valence electrons. The first-order valence-electron chi connectivity index (χ1n) is 7.98. The first-order valence-corrected chi connectivity index (χ1v) is 7.98. The van der Waals surface area contributed by atoms with E-state index in [9.17, 15) is 0 Å². The lowest BCUT2D eigenvalue weighted by Crippen LogP contribution is -2.31. The molecule has 0 aliphatic heterocycles. The predicted molar refractivity (Wildman–Crippen MR) is 85.3 cm³/mol. The van der Waals surface area contributed by atoms with Gasteiger partial charge in [0.05, 0.1) is 0 Å². The maximum atomic E-state index is 4.49. The van der Waals surface area contributed by atoms with Gasteiger partial charge < -0.3 is 10.6 Å². The van der Waals surface area contributed by atoms with Gasteiger partial charge in [-0.25, -0.2) is 9.97 Å². The second kappa shape index (κ2) is 6.91. The van der Waals surface area contributed by atoms with Crippen LogP contribution in [0.1, 0.15) is 64.9 Å². The lowest BCUT2D eigenvalue weighted by Gasteiger charge is -2.33. The average molecular weight is 276 g/mol. The first kappa shape index (κ1) is 15.1. The van der Waals surface area contributed by atoms with E-state index in [0.717, 1.165) is 30.5 Å². The molecule has 2 rings (SSSR count). The number of hydrogen-bond acceptors (Lipinski definition) is 4. The van der Waals surface area contributed by atoms with Crippen LogP contribution in [0.5, 0.6) is 0 Å². The molecule has 4 nitrogen and oxygen atoms in total. The van der Waals surface area contributed by atoms with Crippen molar-refractivity contribution in [3.05, 3.63) is 11.9 Å². The third kappa shape index (κ3) is 3.41. The Balaban J connectivity index is 2.17. The zero-order chi connectivity index (χ0) is 14.5. The molecule has 1 aliphatic rings. The van der Waals surface area contributed by atoms with Gasteiger partial charge in [0, 0.05) is 18.2 Å². The van der Waals surface area contributed by atoms with Crippen LogP contribution in [0, 0.1) is 5.92 Å². The summed E-state index contributed by atoms with van der Waals surface area (Å²) in [6.07, 6.45) is 6.83. The van der Waals surface area contributed by atoms with Crippen LogP contribution < -0.4 is 10.6 Å². The van der Waals surface area contributed by atoms with Gasteiger partial charge in [-0.15, -0.1) is 0 Å². The monoisotopic (exact) mass is 276 g/mol. The van der Waals surface area contributed by atoms with Crippen molar-refractivity contribution in [1.82, 2.24) is 9.97 Å². The van der Waals surface area contributed by atoms with Gasteiger partial charge in [0.1, 0.15) is 18.0 Å². The van der Waals surface area contributed by atoms with E-state index < -0.39 is 0 Å². The van der Waals surface area contributed by atoms with Gasteiger partial charge in [-0.2, -0.15) is 0 Å². The van der Waals surface area contributed by atoms with Crippen molar-refractivity contribution in [3.8, 4) is 0 Å². The third-order valence-electron chi connectivity index (χ3n) is 4.23. The number of nitrogens with one attached hydrogen (secondary N) is 2. The van der Waals surface area contributed by atoms with E-state index in [1.165, 1.54) is 24.8 Å². The minimum absolute atomic E-state index is 0.409. The highest BCUT2D eigenvalue weighted by Gasteiger charge is 2.25. The van der Waals surface area contributed by atoms with Gasteiger partial charge in [0.15, 0.2) is 0 Å². The van der Waals surface area contributed by atoms with Crippen molar-refractivity contribution in [3.63, 3.8) is 0 Å². The molecule has 1 fully saturated rings. The molecule has 0 spiro atoms. The maximum absolute atomic E-state index is 4.49. The molecule has 1 saturated carbocycles. The van der Waals surface area contributed by atoms with Gasteiger partial charge in [0.2, 0.25) is 0 Å². The minimum Gasteiger partial charge on any atom is -0.370 e. The predicted octanol–water partition coefficient (Wildman–Crippen LogP) is 4.02. The molecule has 1 heterocycles. The molecule has 1 atom stereocenters. The summed E-state index contributed by atoms with van der Waals surface area (Å²) >= 11 is 0. The summed E-state index contributed by atoms with van der Waals surface area (Å²) in [4.78, 5) is 8.91. The average Bonchev–Trinajstić information content (AvgIpc) is 2.33. The summed E-state index contributed by atoms with van der Waals surface area (Å²) < 4.78 is 0. The smallest absolute Gasteiger partial charge is 0.135 e. The molecule has 1 aromatic heterocycles. The third-order valence-corrected chi connectivity index (χ3v) is 4.23. The molecule has 2 N–H and O–H groups in total. The highest BCUT2D eigenvalue weighted by Crippen LogP contribution is 2.33. The van der Waals surface area contributed by atoms with E-state index in [2.05, 4.69) is 48.3 Å². The van der Waals surface area contributed by atoms with Gasteiger partial charge in [0.25, 0.3) is 0 Å². The summed E-state index contributed by atoms with van der Waals surface area (Å²) in [7, 11) is 0. The largest absolute Gasteiger partial charge is 0.370 e. The summed E-state index contributed by atoms with van der Waals surface area (Å²) in [5.74, 6) is 3.21. The second-order valence-electron chi connectivity index (χ2n) is 6.19. The number of rotatable bonds is 7. The van der Waals surface area contributed by atoms with Gasteiger partial charge in [-0.3, -0.25) is 0 Å². The molecule has 0 radical (unpaired) electrons. The molecule has 0 saturated heterocycles. The quantitative estimate of drug-likeness (QED) is 0.789. The van der Waals surface area contributed by atoms with Crippen molar-refractivity contribution in [2.24, 2.45) is 5.92 Å².